The Bertz CT molecular complexity index is 617. The van der Waals surface area contributed by atoms with Gasteiger partial charge in [-0.25, -0.2) is 8.42 Å². The first-order chi connectivity index (χ1) is 8.77. The van der Waals surface area contributed by atoms with Crippen LogP contribution in [0.1, 0.15) is 19.4 Å². The third-order valence-corrected chi connectivity index (χ3v) is 3.93. The van der Waals surface area contributed by atoms with Gasteiger partial charge in [-0.15, -0.1) is 0 Å². The van der Waals surface area contributed by atoms with E-state index in [2.05, 4.69) is 4.72 Å². The average Bonchev–Trinajstić information content (AvgIpc) is 2.35. The van der Waals surface area contributed by atoms with E-state index in [1.165, 1.54) is 24.3 Å². The number of nitrogens with one attached hydrogen (secondary N) is 1. The molecule has 0 bridgehead atoms. The van der Waals surface area contributed by atoms with E-state index in [1.54, 1.807) is 13.8 Å². The van der Waals surface area contributed by atoms with E-state index in [9.17, 15) is 13.2 Å². The quantitative estimate of drug-likeness (QED) is 0.836. The number of hydrogen-bond donors (Lipinski definition) is 2. The van der Waals surface area contributed by atoms with Gasteiger partial charge in [0.1, 0.15) is 6.04 Å². The van der Waals surface area contributed by atoms with Crippen molar-refractivity contribution in [2.45, 2.75) is 24.8 Å². The lowest BCUT2D eigenvalue weighted by Crippen LogP contribution is -2.44. The molecular weight excluding hydrogens is 268 g/mol. The molecule has 7 heteroatoms. The smallest absolute Gasteiger partial charge is 0.322 e. The van der Waals surface area contributed by atoms with Gasteiger partial charge in [0.25, 0.3) is 0 Å². The fraction of sp³-hybridized carbons (Fsp3) is 0.333. The van der Waals surface area contributed by atoms with Crippen molar-refractivity contribution >= 4 is 16.0 Å². The van der Waals surface area contributed by atoms with Gasteiger partial charge in [-0.05, 0) is 24.1 Å². The van der Waals surface area contributed by atoms with Crippen molar-refractivity contribution in [1.29, 1.82) is 5.26 Å². The SMILES string of the molecule is CC(C)[C@@H](NS(=O)(=O)c1cccc(C#N)c1)C(=O)O. The van der Waals surface area contributed by atoms with Crippen LogP contribution in [0, 0.1) is 17.2 Å². The van der Waals surface area contributed by atoms with Crippen LogP contribution in [0.4, 0.5) is 0 Å². The largest absolute Gasteiger partial charge is 0.480 e. The van der Waals surface area contributed by atoms with E-state index in [1.807, 2.05) is 6.07 Å². The molecule has 19 heavy (non-hydrogen) atoms. The normalized spacial score (nSPS) is 12.9. The summed E-state index contributed by atoms with van der Waals surface area (Å²) in [5, 5.41) is 17.7. The average molecular weight is 282 g/mol. The first-order valence-electron chi connectivity index (χ1n) is 5.53. The van der Waals surface area contributed by atoms with Crippen LogP contribution in [0.2, 0.25) is 0 Å². The molecule has 1 rings (SSSR count). The summed E-state index contributed by atoms with van der Waals surface area (Å²) in [6.07, 6.45) is 0. The second-order valence-corrected chi connectivity index (χ2v) is 6.03. The molecule has 0 aromatic heterocycles. The molecule has 1 atom stereocenters. The minimum absolute atomic E-state index is 0.126. The molecule has 0 fully saturated rings. The van der Waals surface area contributed by atoms with E-state index in [0.29, 0.717) is 0 Å². The molecule has 0 spiro atoms. The molecule has 0 radical (unpaired) electrons. The standard InChI is InChI=1S/C12H14N2O4S/c1-8(2)11(12(15)16)14-19(17,18)10-5-3-4-9(6-10)7-13/h3-6,8,11,14H,1-2H3,(H,15,16)/t11-/m1/s1. The summed E-state index contributed by atoms with van der Waals surface area (Å²) in [7, 11) is -3.96. The Balaban J connectivity index is 3.11. The second-order valence-electron chi connectivity index (χ2n) is 4.32. The Morgan fingerprint density at radius 2 is 2.05 bits per heavy atom. The predicted molar refractivity (Wildman–Crippen MR) is 67.7 cm³/mol. The summed E-state index contributed by atoms with van der Waals surface area (Å²) in [5.41, 5.74) is 0.194. The first kappa shape index (κ1) is 15.1. The van der Waals surface area contributed by atoms with E-state index in [4.69, 9.17) is 10.4 Å². The van der Waals surface area contributed by atoms with Crippen molar-refractivity contribution in [1.82, 2.24) is 4.72 Å². The van der Waals surface area contributed by atoms with Crippen molar-refractivity contribution in [3.63, 3.8) is 0 Å². The van der Waals surface area contributed by atoms with Crippen LogP contribution in [0.3, 0.4) is 0 Å². The minimum Gasteiger partial charge on any atom is -0.480 e. The minimum atomic E-state index is -3.96. The number of benzene rings is 1. The molecule has 0 aliphatic heterocycles. The number of aliphatic carboxylic acids is 1. The molecule has 2 N–H and O–H groups in total. The maximum absolute atomic E-state index is 12.0. The topological polar surface area (TPSA) is 107 Å². The third kappa shape index (κ3) is 3.77. The fourth-order valence-electron chi connectivity index (χ4n) is 1.44. The van der Waals surface area contributed by atoms with Crippen molar-refractivity contribution in [3.05, 3.63) is 29.8 Å². The van der Waals surface area contributed by atoms with Crippen LogP contribution in [-0.4, -0.2) is 25.5 Å². The van der Waals surface area contributed by atoms with Crippen LogP contribution in [0.25, 0.3) is 0 Å². The van der Waals surface area contributed by atoms with Gasteiger partial charge in [0.2, 0.25) is 10.0 Å². The van der Waals surface area contributed by atoms with Gasteiger partial charge >= 0.3 is 5.97 Å². The maximum Gasteiger partial charge on any atom is 0.322 e. The molecule has 0 saturated heterocycles. The first-order valence-corrected chi connectivity index (χ1v) is 7.01. The molecule has 6 nitrogen and oxygen atoms in total. The zero-order valence-corrected chi connectivity index (χ0v) is 11.3. The lowest BCUT2D eigenvalue weighted by atomic mass is 10.1. The number of carbonyl (C=O) groups is 1. The fourth-order valence-corrected chi connectivity index (χ4v) is 2.82. The number of rotatable bonds is 5. The van der Waals surface area contributed by atoms with E-state index in [0.717, 1.165) is 0 Å². The van der Waals surface area contributed by atoms with Crippen LogP contribution in [0.5, 0.6) is 0 Å². The van der Waals surface area contributed by atoms with Crippen molar-refractivity contribution in [3.8, 4) is 6.07 Å². The molecule has 1 aromatic rings. The Kier molecular flexibility index (Phi) is 4.64. The highest BCUT2D eigenvalue weighted by atomic mass is 32.2. The van der Waals surface area contributed by atoms with Crippen LogP contribution in [0.15, 0.2) is 29.2 Å². The Morgan fingerprint density at radius 3 is 2.53 bits per heavy atom. The molecule has 0 aliphatic carbocycles. The van der Waals surface area contributed by atoms with E-state index < -0.39 is 28.0 Å². The molecule has 0 aliphatic rings. The van der Waals surface area contributed by atoms with Crippen LogP contribution < -0.4 is 4.72 Å². The van der Waals surface area contributed by atoms with Crippen LogP contribution >= 0.6 is 0 Å². The lowest BCUT2D eigenvalue weighted by Gasteiger charge is -2.17. The van der Waals surface area contributed by atoms with Crippen LogP contribution in [-0.2, 0) is 14.8 Å². The van der Waals surface area contributed by atoms with Gasteiger partial charge in [-0.1, -0.05) is 19.9 Å². The molecule has 1 aromatic carbocycles. The van der Waals surface area contributed by atoms with E-state index in [-0.39, 0.29) is 10.5 Å². The van der Waals surface area contributed by atoms with Gasteiger partial charge < -0.3 is 5.11 Å². The highest BCUT2D eigenvalue weighted by Gasteiger charge is 2.28. The highest BCUT2D eigenvalue weighted by Crippen LogP contribution is 2.13. The predicted octanol–water partition coefficient (Wildman–Crippen LogP) is 0.946. The molecule has 0 amide bonds. The zero-order chi connectivity index (χ0) is 14.6. The van der Waals surface area contributed by atoms with Crippen molar-refractivity contribution in [2.24, 2.45) is 5.92 Å². The maximum atomic E-state index is 12.0. The molecule has 0 heterocycles. The number of hydrogen-bond acceptors (Lipinski definition) is 4. The summed E-state index contributed by atoms with van der Waals surface area (Å²) in [6.45, 7) is 3.21. The Hall–Kier alpha value is -1.91. The van der Waals surface area contributed by atoms with Gasteiger partial charge in [0.05, 0.1) is 16.5 Å². The number of nitriles is 1. The molecule has 102 valence electrons. The number of nitrogens with zero attached hydrogens (tertiary/aromatic N) is 1. The van der Waals surface area contributed by atoms with Gasteiger partial charge in [-0.2, -0.15) is 9.98 Å². The number of carboxylic acid groups (broad SMARTS) is 1. The summed E-state index contributed by atoms with van der Waals surface area (Å²) < 4.78 is 26.2. The Morgan fingerprint density at radius 1 is 1.42 bits per heavy atom. The number of carboxylic acids is 1. The summed E-state index contributed by atoms with van der Waals surface area (Å²) in [4.78, 5) is 10.9. The summed E-state index contributed by atoms with van der Waals surface area (Å²) in [6, 6.07) is 6.02. The zero-order valence-electron chi connectivity index (χ0n) is 10.5. The van der Waals surface area contributed by atoms with Gasteiger partial charge in [-0.3, -0.25) is 4.79 Å². The highest BCUT2D eigenvalue weighted by molar-refractivity contribution is 7.89. The second kappa shape index (κ2) is 5.82. The van der Waals surface area contributed by atoms with Crippen molar-refractivity contribution < 1.29 is 18.3 Å². The summed E-state index contributed by atoms with van der Waals surface area (Å²) >= 11 is 0. The molecule has 0 saturated carbocycles. The van der Waals surface area contributed by atoms with Crippen molar-refractivity contribution in [2.75, 3.05) is 0 Å². The Labute approximate surface area is 111 Å². The van der Waals surface area contributed by atoms with Gasteiger partial charge in [0, 0.05) is 0 Å². The lowest BCUT2D eigenvalue weighted by molar-refractivity contribution is -0.140. The summed E-state index contributed by atoms with van der Waals surface area (Å²) in [5.74, 6) is -1.64. The molecular formula is C12H14N2O4S. The van der Waals surface area contributed by atoms with Gasteiger partial charge in [0.15, 0.2) is 0 Å². The third-order valence-electron chi connectivity index (χ3n) is 2.49. The molecule has 0 unspecified atom stereocenters. The number of sulfonamides is 1. The van der Waals surface area contributed by atoms with E-state index >= 15 is 0 Å². The monoisotopic (exact) mass is 282 g/mol.